The number of anilines is 2. The van der Waals surface area contributed by atoms with E-state index in [9.17, 15) is 19.2 Å². The highest BCUT2D eigenvalue weighted by Crippen LogP contribution is 2.34. The van der Waals surface area contributed by atoms with Crippen molar-refractivity contribution >= 4 is 46.7 Å². The molecule has 0 spiro atoms. The zero-order chi connectivity index (χ0) is 58.2. The maximum Gasteiger partial charge on any atom is 0.251 e. The molecule has 0 unspecified atom stereocenters. The van der Waals surface area contributed by atoms with Gasteiger partial charge in [-0.25, -0.2) is 9.97 Å². The normalized spacial score (nSPS) is 17.7. The Balaban J connectivity index is 0.678. The van der Waals surface area contributed by atoms with E-state index < -0.39 is 24.2 Å². The Morgan fingerprint density at radius 1 is 0.759 bits per heavy atom. The Labute approximate surface area is 492 Å². The molecule has 5 aromatic rings. The lowest BCUT2D eigenvalue weighted by molar-refractivity contribution is -0.143. The molecule has 0 bridgehead atoms. The highest BCUT2D eigenvalue weighted by atomic mass is 32.1. The van der Waals surface area contributed by atoms with E-state index in [-0.39, 0.29) is 42.1 Å². The van der Waals surface area contributed by atoms with Crippen LogP contribution in [-0.2, 0) is 46.3 Å². The molecular weight excluding hydrogens is 1080 g/mol. The molecule has 2 fully saturated rings. The van der Waals surface area contributed by atoms with Gasteiger partial charge in [-0.1, -0.05) is 75.6 Å². The van der Waals surface area contributed by atoms with Crippen molar-refractivity contribution in [1.82, 2.24) is 41.1 Å². The number of nitrogens with zero attached hydrogens (tertiary/aromatic N) is 4. The number of likely N-dealkylation sites (N-methyl/N-ethyl adjacent to an activating group) is 1. The first-order valence-electron chi connectivity index (χ1n) is 29.5. The van der Waals surface area contributed by atoms with Gasteiger partial charge in [0.05, 0.1) is 83.7 Å². The van der Waals surface area contributed by atoms with Gasteiger partial charge in [0.15, 0.2) is 0 Å². The Morgan fingerprint density at radius 2 is 1.48 bits per heavy atom. The van der Waals surface area contributed by atoms with Crippen molar-refractivity contribution < 1.29 is 47.6 Å². The molecule has 3 aliphatic rings. The summed E-state index contributed by atoms with van der Waals surface area (Å²) in [4.78, 5) is 70.5. The van der Waals surface area contributed by atoms with Gasteiger partial charge < -0.3 is 65.2 Å². The van der Waals surface area contributed by atoms with Crippen LogP contribution in [0.15, 0.2) is 90.4 Å². The molecule has 1 aliphatic heterocycles. The molecule has 20 nitrogen and oxygen atoms in total. The fourth-order valence-electron chi connectivity index (χ4n) is 10.4. The lowest BCUT2D eigenvalue weighted by atomic mass is 9.83. The minimum absolute atomic E-state index is 0.0227. The van der Waals surface area contributed by atoms with Gasteiger partial charge in [-0.15, -0.1) is 11.3 Å². The minimum atomic E-state index is -0.777. The fraction of sp³-hybridized carbons (Fsp3) is 0.532. The van der Waals surface area contributed by atoms with Gasteiger partial charge in [0.1, 0.15) is 47.1 Å². The van der Waals surface area contributed by atoms with E-state index in [0.717, 1.165) is 85.6 Å². The van der Waals surface area contributed by atoms with Gasteiger partial charge in [0, 0.05) is 48.3 Å². The maximum atomic E-state index is 14.8. The van der Waals surface area contributed by atoms with Crippen molar-refractivity contribution in [2.24, 2.45) is 11.8 Å². The summed E-state index contributed by atoms with van der Waals surface area (Å²) in [6, 6.07) is 22.7. The van der Waals surface area contributed by atoms with Crippen molar-refractivity contribution in [2.45, 2.75) is 115 Å². The summed E-state index contributed by atoms with van der Waals surface area (Å²) in [7, 11) is 1.72. The number of rotatable bonds is 33. The molecule has 5 atom stereocenters. The predicted octanol–water partition coefficient (Wildman–Crippen LogP) is 7.37. The number of amides is 4. The first-order valence-corrected chi connectivity index (χ1v) is 30.4. The third-order valence-electron chi connectivity index (χ3n) is 15.0. The molecule has 448 valence electrons. The van der Waals surface area contributed by atoms with E-state index in [0.29, 0.717) is 108 Å². The summed E-state index contributed by atoms with van der Waals surface area (Å²) in [6.45, 7) is 11.3. The number of hydrogen-bond acceptors (Lipinski definition) is 17. The Morgan fingerprint density at radius 3 is 2.23 bits per heavy atom. The van der Waals surface area contributed by atoms with Gasteiger partial charge in [-0.2, -0.15) is 4.98 Å². The second-order valence-corrected chi connectivity index (χ2v) is 22.5. The number of carbonyl (C=O) groups is 4. The van der Waals surface area contributed by atoms with Gasteiger partial charge in [0.2, 0.25) is 23.7 Å². The summed E-state index contributed by atoms with van der Waals surface area (Å²) in [5.74, 6) is 2.08. The molecule has 1 saturated carbocycles. The number of fused-ring (bicyclic) bond motifs is 1. The van der Waals surface area contributed by atoms with Crippen molar-refractivity contribution in [3.63, 3.8) is 0 Å². The van der Waals surface area contributed by atoms with Crippen LogP contribution < -0.4 is 41.4 Å². The summed E-state index contributed by atoms with van der Waals surface area (Å²) in [5.41, 5.74) is 4.71. The Bertz CT molecular complexity index is 2820. The number of carbonyl (C=O) groups excluding carboxylic acids is 4. The zero-order valence-corrected chi connectivity index (χ0v) is 49.4. The zero-order valence-electron chi connectivity index (χ0n) is 48.5. The van der Waals surface area contributed by atoms with Crippen LogP contribution in [0.2, 0.25) is 0 Å². The van der Waals surface area contributed by atoms with Crippen molar-refractivity contribution in [3.8, 4) is 22.1 Å². The summed E-state index contributed by atoms with van der Waals surface area (Å²) in [5, 5.41) is 21.7. The number of ether oxygens (including phenoxy) is 6. The van der Waals surface area contributed by atoms with Crippen LogP contribution in [0.4, 0.5) is 11.8 Å². The summed E-state index contributed by atoms with van der Waals surface area (Å²) in [6.07, 6.45) is 9.06. The second-order valence-electron chi connectivity index (χ2n) is 21.7. The first-order chi connectivity index (χ1) is 40.5. The van der Waals surface area contributed by atoms with E-state index in [1.807, 2.05) is 53.9 Å². The molecule has 0 radical (unpaired) electrons. The van der Waals surface area contributed by atoms with Crippen LogP contribution in [0.25, 0.3) is 10.6 Å². The Kier molecular flexibility index (Phi) is 24.7. The van der Waals surface area contributed by atoms with Crippen molar-refractivity contribution in [2.75, 3.05) is 96.8 Å². The second kappa shape index (κ2) is 32.9. The fourth-order valence-corrected chi connectivity index (χ4v) is 11.3. The first kappa shape index (κ1) is 62.3. The lowest BCUT2D eigenvalue weighted by Crippen LogP contribution is -2.58. The predicted molar refractivity (Wildman–Crippen MR) is 320 cm³/mol. The highest BCUT2D eigenvalue weighted by molar-refractivity contribution is 7.13. The average molecular weight is 1160 g/mol. The third kappa shape index (κ3) is 19.4. The maximum absolute atomic E-state index is 14.8. The number of likely N-dealkylation sites (tertiary alicyclic amines) is 1. The SMILES string of the molecule is CN[C@@H](C)C(=O)N[C@H](C(=O)N1C[C@@H](Oc2cccc(OCCOCCOCCOCCOCCNC(=O)c3ccc(-c4nc(CNc5nccc(NCC(C)C)n5)cs4)cc3)c2)C[C@H]1C(=O)N[C@@H]1CCCc2ccccc21)C1CCCCC1. The smallest absolute Gasteiger partial charge is 0.251 e. The van der Waals surface area contributed by atoms with Gasteiger partial charge in [-0.05, 0) is 99.4 Å². The number of benzene rings is 3. The number of aryl methyl sites for hydroxylation is 1. The molecule has 83 heavy (non-hydrogen) atoms. The van der Waals surface area contributed by atoms with Gasteiger partial charge >= 0.3 is 0 Å². The van der Waals surface area contributed by atoms with Gasteiger partial charge in [-0.3, -0.25) is 19.2 Å². The molecule has 2 aliphatic carbocycles. The van der Waals surface area contributed by atoms with Crippen LogP contribution in [0, 0.1) is 11.8 Å². The van der Waals surface area contributed by atoms with E-state index in [4.69, 9.17) is 33.4 Å². The van der Waals surface area contributed by atoms with Crippen LogP contribution in [0.3, 0.4) is 0 Å². The standard InChI is InChI=1S/C62H84N10O10S/c1-42(2)38-66-55-24-25-65-62(70-55)67-39-48-41-83-60(68-48)47-22-20-46(21-23-47)58(74)64-26-27-77-28-29-78-30-31-79-32-33-80-34-35-81-49-16-11-17-50(36-49)82-51-37-54(59(75)69-53-19-10-15-44-12-8-9-18-52(44)53)72(40-51)61(76)56(45-13-6-5-7-14-45)71-57(73)43(3)63-4/h8-9,11-12,16-18,20-25,36,41-43,45,51,53-54,56,63H,5-7,10,13-15,19,26-35,37-40H2,1-4H3,(H,64,74)(H,69,75)(H,71,73)(H2,65,66,67,70)/t43-,51-,53+,54-,56-/m0/s1. The van der Waals surface area contributed by atoms with Gasteiger partial charge in [0.25, 0.3) is 5.91 Å². The van der Waals surface area contributed by atoms with Crippen molar-refractivity contribution in [1.29, 1.82) is 0 Å². The number of thiazole rings is 1. The lowest BCUT2D eigenvalue weighted by Gasteiger charge is -2.35. The molecule has 6 N–H and O–H groups in total. The number of hydrogen-bond donors (Lipinski definition) is 6. The molecular formula is C62H84N10O10S. The monoisotopic (exact) mass is 1160 g/mol. The highest BCUT2D eigenvalue weighted by Gasteiger charge is 2.45. The molecule has 2 aromatic heterocycles. The van der Waals surface area contributed by atoms with Crippen LogP contribution in [-0.4, -0.2) is 154 Å². The molecule has 1 saturated heterocycles. The molecule has 8 rings (SSSR count). The minimum Gasteiger partial charge on any atom is -0.491 e. The molecule has 21 heteroatoms. The molecule has 4 amide bonds. The summed E-state index contributed by atoms with van der Waals surface area (Å²) < 4.78 is 35.2. The summed E-state index contributed by atoms with van der Waals surface area (Å²) >= 11 is 1.54. The Hall–Kier alpha value is -6.75. The molecule has 3 aromatic carbocycles. The quantitative estimate of drug-likeness (QED) is 0.0225. The number of nitrogens with one attached hydrogen (secondary N) is 6. The average Bonchev–Trinajstić information content (AvgIpc) is 4.41. The van der Waals surface area contributed by atoms with Crippen LogP contribution in [0.1, 0.15) is 105 Å². The largest absolute Gasteiger partial charge is 0.491 e. The van der Waals surface area contributed by atoms with E-state index in [1.165, 1.54) is 16.9 Å². The van der Waals surface area contributed by atoms with E-state index in [1.54, 1.807) is 43.3 Å². The van der Waals surface area contributed by atoms with E-state index in [2.05, 4.69) is 67.8 Å². The molecule has 3 heterocycles. The van der Waals surface area contributed by atoms with Crippen LogP contribution >= 0.6 is 11.3 Å². The van der Waals surface area contributed by atoms with Crippen molar-refractivity contribution in [3.05, 3.63) is 113 Å². The van der Waals surface area contributed by atoms with E-state index >= 15 is 0 Å². The third-order valence-corrected chi connectivity index (χ3v) is 16.0. The van der Waals surface area contributed by atoms with Crippen LogP contribution in [0.5, 0.6) is 11.5 Å². The number of aromatic nitrogens is 3. The topological polar surface area (TPSA) is 238 Å².